The quantitative estimate of drug-likeness (QED) is 0.714. The van der Waals surface area contributed by atoms with Crippen molar-refractivity contribution in [3.63, 3.8) is 0 Å². The van der Waals surface area contributed by atoms with Crippen molar-refractivity contribution >= 4 is 0 Å². The zero-order chi connectivity index (χ0) is 21.3. The van der Waals surface area contributed by atoms with Crippen LogP contribution in [0.4, 0.5) is 4.39 Å². The lowest BCUT2D eigenvalue weighted by Crippen LogP contribution is -2.53. The number of aliphatic hydroxyl groups is 3. The minimum Gasteiger partial charge on any atom is -0.497 e. The lowest BCUT2D eigenvalue weighted by molar-refractivity contribution is -0.219. The van der Waals surface area contributed by atoms with Crippen molar-refractivity contribution in [2.75, 3.05) is 7.11 Å². The molecule has 0 spiro atoms. The Kier molecular flexibility index (Phi) is 6.58. The molecule has 0 aromatic heterocycles. The summed E-state index contributed by atoms with van der Waals surface area (Å²) in [5.41, 5.74) is 3.13. The van der Waals surface area contributed by atoms with Crippen LogP contribution in [0.2, 0.25) is 0 Å². The second-order valence-corrected chi connectivity index (χ2v) is 8.03. The number of hydrogen-bond donors (Lipinski definition) is 3. The second-order valence-electron chi connectivity index (χ2n) is 8.03. The van der Waals surface area contributed by atoms with Crippen molar-refractivity contribution in [1.29, 1.82) is 0 Å². The Morgan fingerprint density at radius 3 is 2.38 bits per heavy atom. The summed E-state index contributed by atoms with van der Waals surface area (Å²) in [6, 6.07) is 10.6. The van der Waals surface area contributed by atoms with E-state index >= 15 is 0 Å². The molecule has 3 rings (SSSR count). The van der Waals surface area contributed by atoms with Crippen LogP contribution in [0.25, 0.3) is 0 Å². The van der Waals surface area contributed by atoms with Crippen molar-refractivity contribution in [3.8, 4) is 5.75 Å². The summed E-state index contributed by atoms with van der Waals surface area (Å²) in [7, 11) is 1.49. The highest BCUT2D eigenvalue weighted by Gasteiger charge is 2.42. The van der Waals surface area contributed by atoms with Gasteiger partial charge < -0.3 is 24.8 Å². The average molecular weight is 404 g/mol. The predicted octanol–water partition coefficient (Wildman–Crippen LogP) is 3.09. The maximum Gasteiger partial charge on any atom is 0.130 e. The minimum atomic E-state index is -1.30. The van der Waals surface area contributed by atoms with E-state index in [0.29, 0.717) is 23.3 Å². The minimum absolute atomic E-state index is 0.211. The summed E-state index contributed by atoms with van der Waals surface area (Å²) in [6.07, 6.45) is -4.73. The van der Waals surface area contributed by atoms with Crippen molar-refractivity contribution in [3.05, 3.63) is 64.5 Å². The first kappa shape index (κ1) is 21.7. The Morgan fingerprint density at radius 2 is 1.76 bits per heavy atom. The van der Waals surface area contributed by atoms with E-state index in [-0.39, 0.29) is 11.7 Å². The number of halogens is 1. The number of aliphatic hydroxyl groups excluding tert-OH is 3. The number of rotatable bonds is 5. The van der Waals surface area contributed by atoms with E-state index in [0.717, 1.165) is 11.1 Å². The van der Waals surface area contributed by atoms with Gasteiger partial charge in [-0.2, -0.15) is 0 Å². The lowest BCUT2D eigenvalue weighted by atomic mass is 9.87. The van der Waals surface area contributed by atoms with E-state index in [9.17, 15) is 19.7 Å². The summed E-state index contributed by atoms with van der Waals surface area (Å²) in [4.78, 5) is 0. The molecular formula is C23H29FO5. The van der Waals surface area contributed by atoms with Gasteiger partial charge in [0, 0.05) is 12.5 Å². The predicted molar refractivity (Wildman–Crippen MR) is 108 cm³/mol. The van der Waals surface area contributed by atoms with Gasteiger partial charge in [0.25, 0.3) is 0 Å². The summed E-state index contributed by atoms with van der Waals surface area (Å²) >= 11 is 0. The van der Waals surface area contributed by atoms with Gasteiger partial charge >= 0.3 is 0 Å². The SMILES string of the molecule is COc1ccc(Cc2cc(C(C)C)cc([C@@H]3O[C@H](C)[C@@H](O)[C@H](O)[C@H]3O)c2)c(F)c1. The topological polar surface area (TPSA) is 79.2 Å². The monoisotopic (exact) mass is 404 g/mol. The van der Waals surface area contributed by atoms with Crippen LogP contribution >= 0.6 is 0 Å². The van der Waals surface area contributed by atoms with Crippen LogP contribution in [0.5, 0.6) is 5.75 Å². The van der Waals surface area contributed by atoms with Crippen LogP contribution in [-0.4, -0.2) is 46.8 Å². The zero-order valence-electron chi connectivity index (χ0n) is 17.2. The molecule has 0 unspecified atom stereocenters. The van der Waals surface area contributed by atoms with Crippen molar-refractivity contribution in [1.82, 2.24) is 0 Å². The molecule has 29 heavy (non-hydrogen) atoms. The summed E-state index contributed by atoms with van der Waals surface area (Å²) in [6.45, 7) is 5.76. The van der Waals surface area contributed by atoms with E-state index in [2.05, 4.69) is 13.8 Å². The third-order valence-corrected chi connectivity index (χ3v) is 5.54. The maximum absolute atomic E-state index is 14.4. The molecule has 6 heteroatoms. The van der Waals surface area contributed by atoms with Gasteiger partial charge in [0.15, 0.2) is 0 Å². The molecule has 158 valence electrons. The maximum atomic E-state index is 14.4. The molecule has 1 aliphatic heterocycles. The molecule has 1 aliphatic rings. The molecule has 0 saturated carbocycles. The van der Waals surface area contributed by atoms with Crippen LogP contribution in [0.1, 0.15) is 55.0 Å². The van der Waals surface area contributed by atoms with E-state index in [4.69, 9.17) is 9.47 Å². The highest BCUT2D eigenvalue weighted by molar-refractivity contribution is 5.38. The van der Waals surface area contributed by atoms with Gasteiger partial charge in [-0.25, -0.2) is 4.39 Å². The Hall–Kier alpha value is -1.99. The standard InChI is InChI=1S/C23H29FO5/c1-12(2)16-8-14(7-15-5-6-18(28-4)11-19(15)24)9-17(10-16)23-22(27)21(26)20(25)13(3)29-23/h5-6,8-13,20-23,25-27H,7H2,1-4H3/t13-,20-,21+,22-,23+/m1/s1. The molecule has 2 aromatic carbocycles. The Bertz CT molecular complexity index is 853. The lowest BCUT2D eigenvalue weighted by Gasteiger charge is -2.39. The van der Waals surface area contributed by atoms with Crippen LogP contribution in [0.15, 0.2) is 36.4 Å². The van der Waals surface area contributed by atoms with Crippen LogP contribution in [0, 0.1) is 5.82 Å². The zero-order valence-corrected chi connectivity index (χ0v) is 17.2. The van der Waals surface area contributed by atoms with Crippen LogP contribution in [-0.2, 0) is 11.2 Å². The van der Waals surface area contributed by atoms with Gasteiger partial charge in [-0.1, -0.05) is 38.1 Å². The normalized spacial score (nSPS) is 27.3. The summed E-state index contributed by atoms with van der Waals surface area (Å²) in [5, 5.41) is 30.6. The van der Waals surface area contributed by atoms with E-state index < -0.39 is 30.5 Å². The molecule has 2 aromatic rings. The fraction of sp³-hybridized carbons (Fsp3) is 0.478. The fourth-order valence-electron chi connectivity index (χ4n) is 3.69. The Morgan fingerprint density at radius 1 is 1.03 bits per heavy atom. The number of ether oxygens (including phenoxy) is 2. The molecule has 3 N–H and O–H groups in total. The molecule has 0 aliphatic carbocycles. The average Bonchev–Trinajstić information content (AvgIpc) is 2.70. The van der Waals surface area contributed by atoms with Gasteiger partial charge in [-0.05, 0) is 41.2 Å². The molecule has 1 heterocycles. The Labute approximate surface area is 170 Å². The van der Waals surface area contributed by atoms with Gasteiger partial charge in [-0.15, -0.1) is 0 Å². The largest absolute Gasteiger partial charge is 0.497 e. The van der Waals surface area contributed by atoms with Gasteiger partial charge in [0.05, 0.1) is 13.2 Å². The van der Waals surface area contributed by atoms with Crippen LogP contribution < -0.4 is 4.74 Å². The third-order valence-electron chi connectivity index (χ3n) is 5.54. The Balaban J connectivity index is 1.96. The molecule has 1 saturated heterocycles. The highest BCUT2D eigenvalue weighted by atomic mass is 19.1. The van der Waals surface area contributed by atoms with Gasteiger partial charge in [0.2, 0.25) is 0 Å². The van der Waals surface area contributed by atoms with E-state index in [1.165, 1.54) is 13.2 Å². The number of methoxy groups -OCH3 is 1. The molecule has 5 atom stereocenters. The molecular weight excluding hydrogens is 375 g/mol. The molecule has 0 amide bonds. The second kappa shape index (κ2) is 8.79. The van der Waals surface area contributed by atoms with Gasteiger partial charge in [-0.3, -0.25) is 0 Å². The number of benzene rings is 2. The molecule has 5 nitrogen and oxygen atoms in total. The first-order valence-electron chi connectivity index (χ1n) is 9.87. The summed E-state index contributed by atoms with van der Waals surface area (Å²) in [5.74, 6) is 0.327. The molecule has 1 fully saturated rings. The van der Waals surface area contributed by atoms with Crippen molar-refractivity contribution in [2.45, 2.75) is 63.6 Å². The summed E-state index contributed by atoms with van der Waals surface area (Å²) < 4.78 is 25.3. The fourth-order valence-corrected chi connectivity index (χ4v) is 3.69. The van der Waals surface area contributed by atoms with E-state index in [1.54, 1.807) is 19.1 Å². The van der Waals surface area contributed by atoms with Gasteiger partial charge in [0.1, 0.15) is 36.0 Å². The molecule has 0 radical (unpaired) electrons. The van der Waals surface area contributed by atoms with E-state index in [1.807, 2.05) is 18.2 Å². The molecule has 0 bridgehead atoms. The van der Waals surface area contributed by atoms with Crippen molar-refractivity contribution < 1.29 is 29.2 Å². The highest BCUT2D eigenvalue weighted by Crippen LogP contribution is 2.34. The first-order chi connectivity index (χ1) is 13.7. The van der Waals surface area contributed by atoms with Crippen molar-refractivity contribution in [2.24, 2.45) is 0 Å². The third kappa shape index (κ3) is 4.61. The first-order valence-corrected chi connectivity index (χ1v) is 9.87. The van der Waals surface area contributed by atoms with Crippen LogP contribution in [0.3, 0.4) is 0 Å². The number of hydrogen-bond acceptors (Lipinski definition) is 5. The smallest absolute Gasteiger partial charge is 0.130 e.